The lowest BCUT2D eigenvalue weighted by molar-refractivity contribution is 0.719. The van der Waals surface area contributed by atoms with Crippen LogP contribution in [0.3, 0.4) is 0 Å². The first-order valence-corrected chi connectivity index (χ1v) is 7.31. The molecule has 0 aliphatic rings. The summed E-state index contributed by atoms with van der Waals surface area (Å²) in [6.07, 6.45) is 1.13. The third kappa shape index (κ3) is 2.88. The molecule has 0 saturated carbocycles. The molecule has 0 fully saturated rings. The number of fused-ring (bicyclic) bond motifs is 1. The van der Waals surface area contributed by atoms with Crippen molar-refractivity contribution in [2.75, 3.05) is 13.1 Å². The van der Waals surface area contributed by atoms with E-state index < -0.39 is 0 Å². The van der Waals surface area contributed by atoms with Gasteiger partial charge in [-0.2, -0.15) is 0 Å². The van der Waals surface area contributed by atoms with Crippen molar-refractivity contribution in [3.05, 3.63) is 34.7 Å². The molecule has 0 bridgehead atoms. The molecule has 0 aliphatic heterocycles. The Morgan fingerprint density at radius 2 is 2.12 bits per heavy atom. The molecule has 1 heterocycles. The molecule has 1 aromatic heterocycles. The molecule has 0 aliphatic carbocycles. The van der Waals surface area contributed by atoms with Crippen LogP contribution in [0, 0.1) is 0 Å². The Morgan fingerprint density at radius 1 is 1.29 bits per heavy atom. The van der Waals surface area contributed by atoms with Gasteiger partial charge in [0.15, 0.2) is 0 Å². The van der Waals surface area contributed by atoms with E-state index in [-0.39, 0.29) is 0 Å². The van der Waals surface area contributed by atoms with Crippen molar-refractivity contribution in [2.24, 2.45) is 0 Å². The third-order valence-electron chi connectivity index (χ3n) is 3.17. The molecule has 1 aromatic carbocycles. The number of rotatable bonds is 5. The Kier molecular flexibility index (Phi) is 4.19. The maximum absolute atomic E-state index is 3.39. The molecular formula is C15H21NS. The number of likely N-dealkylation sites (N-methyl/N-ethyl adjacent to an activating group) is 1. The van der Waals surface area contributed by atoms with Crippen molar-refractivity contribution in [3.63, 3.8) is 0 Å². The van der Waals surface area contributed by atoms with Crippen LogP contribution in [0.1, 0.15) is 37.8 Å². The highest BCUT2D eigenvalue weighted by Crippen LogP contribution is 2.29. The summed E-state index contributed by atoms with van der Waals surface area (Å²) in [4.78, 5) is 0. The Bertz CT molecular complexity index is 485. The summed E-state index contributed by atoms with van der Waals surface area (Å²) in [5, 5.41) is 7.16. The summed E-state index contributed by atoms with van der Waals surface area (Å²) in [6, 6.07) is 6.90. The van der Waals surface area contributed by atoms with E-state index >= 15 is 0 Å². The molecule has 17 heavy (non-hydrogen) atoms. The number of thiophene rings is 1. The molecule has 2 rings (SSSR count). The lowest BCUT2D eigenvalue weighted by Crippen LogP contribution is -2.15. The van der Waals surface area contributed by atoms with Crippen LogP contribution in [-0.2, 0) is 6.42 Å². The molecule has 0 radical (unpaired) electrons. The summed E-state index contributed by atoms with van der Waals surface area (Å²) in [6.45, 7) is 8.80. The van der Waals surface area contributed by atoms with Crippen LogP contribution in [0.5, 0.6) is 0 Å². The van der Waals surface area contributed by atoms with E-state index in [0.29, 0.717) is 5.92 Å². The standard InChI is InChI=1S/C15H21NS/c1-4-16-8-7-13-10-17-15-6-5-12(11(2)3)9-14(13)15/h5-6,9-11,16H,4,7-8H2,1-3H3. The van der Waals surface area contributed by atoms with E-state index in [1.54, 1.807) is 0 Å². The van der Waals surface area contributed by atoms with Crippen molar-refractivity contribution < 1.29 is 0 Å². The second-order valence-corrected chi connectivity index (χ2v) is 5.69. The van der Waals surface area contributed by atoms with Gasteiger partial charge in [0.05, 0.1) is 0 Å². The van der Waals surface area contributed by atoms with Crippen LogP contribution in [0.4, 0.5) is 0 Å². The fourth-order valence-corrected chi connectivity index (χ4v) is 3.03. The fourth-order valence-electron chi connectivity index (χ4n) is 2.05. The zero-order valence-electron chi connectivity index (χ0n) is 10.9. The summed E-state index contributed by atoms with van der Waals surface area (Å²) in [5.41, 5.74) is 2.94. The summed E-state index contributed by atoms with van der Waals surface area (Å²) in [5.74, 6) is 0.612. The average Bonchev–Trinajstić information content (AvgIpc) is 2.72. The average molecular weight is 247 g/mol. The van der Waals surface area contributed by atoms with E-state index in [4.69, 9.17) is 0 Å². The second kappa shape index (κ2) is 5.65. The molecule has 0 atom stereocenters. The first-order chi connectivity index (χ1) is 8.22. The van der Waals surface area contributed by atoms with Gasteiger partial charge in [-0.15, -0.1) is 11.3 Å². The minimum atomic E-state index is 0.612. The van der Waals surface area contributed by atoms with Gasteiger partial charge >= 0.3 is 0 Å². The lowest BCUT2D eigenvalue weighted by Gasteiger charge is -2.06. The number of benzene rings is 1. The van der Waals surface area contributed by atoms with E-state index in [1.807, 2.05) is 11.3 Å². The Balaban J connectivity index is 2.26. The predicted octanol–water partition coefficient (Wildman–Crippen LogP) is 4.18. The van der Waals surface area contributed by atoms with Gasteiger partial charge in [0.25, 0.3) is 0 Å². The predicted molar refractivity (Wildman–Crippen MR) is 78.2 cm³/mol. The maximum atomic E-state index is 3.39. The molecule has 0 unspecified atom stereocenters. The van der Waals surface area contributed by atoms with E-state index in [2.05, 4.69) is 49.7 Å². The third-order valence-corrected chi connectivity index (χ3v) is 4.18. The van der Waals surface area contributed by atoms with E-state index in [0.717, 1.165) is 19.5 Å². The van der Waals surface area contributed by atoms with Crippen LogP contribution in [0.25, 0.3) is 10.1 Å². The minimum absolute atomic E-state index is 0.612. The van der Waals surface area contributed by atoms with E-state index in [9.17, 15) is 0 Å². The molecule has 92 valence electrons. The first-order valence-electron chi connectivity index (χ1n) is 6.43. The molecule has 0 amide bonds. The van der Waals surface area contributed by atoms with Gasteiger partial charge in [0.2, 0.25) is 0 Å². The second-order valence-electron chi connectivity index (χ2n) is 4.77. The topological polar surface area (TPSA) is 12.0 Å². The van der Waals surface area contributed by atoms with Gasteiger partial charge < -0.3 is 5.32 Å². The summed E-state index contributed by atoms with van der Waals surface area (Å²) >= 11 is 1.86. The van der Waals surface area contributed by atoms with Gasteiger partial charge in [-0.05, 0) is 59.5 Å². The zero-order chi connectivity index (χ0) is 12.3. The van der Waals surface area contributed by atoms with Crippen LogP contribution in [-0.4, -0.2) is 13.1 Å². The molecule has 0 spiro atoms. The van der Waals surface area contributed by atoms with Crippen molar-refractivity contribution in [1.82, 2.24) is 5.32 Å². The highest BCUT2D eigenvalue weighted by atomic mass is 32.1. The van der Waals surface area contributed by atoms with Crippen molar-refractivity contribution >= 4 is 21.4 Å². The molecule has 1 N–H and O–H groups in total. The first kappa shape index (κ1) is 12.6. The highest BCUT2D eigenvalue weighted by Gasteiger charge is 2.06. The van der Waals surface area contributed by atoms with Crippen LogP contribution >= 0.6 is 11.3 Å². The lowest BCUT2D eigenvalue weighted by atomic mass is 10.00. The Labute approximate surface area is 108 Å². The molecule has 1 nitrogen and oxygen atoms in total. The SMILES string of the molecule is CCNCCc1csc2ccc(C(C)C)cc12. The fraction of sp³-hybridized carbons (Fsp3) is 0.467. The largest absolute Gasteiger partial charge is 0.317 e. The zero-order valence-corrected chi connectivity index (χ0v) is 11.7. The Hall–Kier alpha value is -0.860. The molecule has 0 saturated heterocycles. The van der Waals surface area contributed by atoms with Gasteiger partial charge in [0, 0.05) is 4.70 Å². The highest BCUT2D eigenvalue weighted by molar-refractivity contribution is 7.17. The quantitative estimate of drug-likeness (QED) is 0.782. The van der Waals surface area contributed by atoms with Crippen molar-refractivity contribution in [1.29, 1.82) is 0 Å². The van der Waals surface area contributed by atoms with Crippen LogP contribution < -0.4 is 5.32 Å². The molecule has 2 heteroatoms. The smallest absolute Gasteiger partial charge is 0.0345 e. The van der Waals surface area contributed by atoms with Crippen LogP contribution in [0.15, 0.2) is 23.6 Å². The normalized spacial score (nSPS) is 11.5. The van der Waals surface area contributed by atoms with Gasteiger partial charge in [-0.25, -0.2) is 0 Å². The molecule has 2 aromatic rings. The minimum Gasteiger partial charge on any atom is -0.317 e. The van der Waals surface area contributed by atoms with E-state index in [1.165, 1.54) is 21.2 Å². The van der Waals surface area contributed by atoms with Gasteiger partial charge in [0.1, 0.15) is 0 Å². The monoisotopic (exact) mass is 247 g/mol. The number of hydrogen-bond donors (Lipinski definition) is 1. The maximum Gasteiger partial charge on any atom is 0.0345 e. The number of hydrogen-bond acceptors (Lipinski definition) is 2. The van der Waals surface area contributed by atoms with Crippen molar-refractivity contribution in [3.8, 4) is 0 Å². The summed E-state index contributed by atoms with van der Waals surface area (Å²) < 4.78 is 1.42. The Morgan fingerprint density at radius 3 is 2.82 bits per heavy atom. The molecular weight excluding hydrogens is 226 g/mol. The van der Waals surface area contributed by atoms with Crippen molar-refractivity contribution in [2.45, 2.75) is 33.1 Å². The van der Waals surface area contributed by atoms with Gasteiger partial charge in [-0.3, -0.25) is 0 Å². The summed E-state index contributed by atoms with van der Waals surface area (Å²) in [7, 11) is 0. The van der Waals surface area contributed by atoms with Gasteiger partial charge in [-0.1, -0.05) is 26.8 Å². The number of nitrogens with one attached hydrogen (secondary N) is 1. The van der Waals surface area contributed by atoms with Crippen LogP contribution in [0.2, 0.25) is 0 Å².